The standard InChI is InChI=1S/C14H19ClN2O/c15-12-6-5-11(9-13(12)16)14(18)17-8-7-10-3-1-2-4-10/h5-6,9-10H,1-4,7-8,16H2,(H,17,18). The van der Waals surface area contributed by atoms with Crippen LogP contribution in [0.2, 0.25) is 5.02 Å². The summed E-state index contributed by atoms with van der Waals surface area (Å²) in [6, 6.07) is 4.97. The molecule has 0 spiro atoms. The van der Waals surface area contributed by atoms with E-state index in [1.807, 2.05) is 0 Å². The van der Waals surface area contributed by atoms with Crippen molar-refractivity contribution in [2.24, 2.45) is 5.92 Å². The number of nitrogens with two attached hydrogens (primary N) is 1. The van der Waals surface area contributed by atoms with Crippen molar-refractivity contribution in [3.63, 3.8) is 0 Å². The summed E-state index contributed by atoms with van der Waals surface area (Å²) >= 11 is 5.82. The van der Waals surface area contributed by atoms with Crippen molar-refractivity contribution in [1.82, 2.24) is 5.32 Å². The van der Waals surface area contributed by atoms with Crippen LogP contribution < -0.4 is 11.1 Å². The summed E-state index contributed by atoms with van der Waals surface area (Å²) < 4.78 is 0. The first-order valence-electron chi connectivity index (χ1n) is 6.50. The van der Waals surface area contributed by atoms with Crippen LogP contribution in [-0.4, -0.2) is 12.5 Å². The fourth-order valence-electron chi connectivity index (χ4n) is 2.48. The molecule has 1 amide bonds. The van der Waals surface area contributed by atoms with E-state index < -0.39 is 0 Å². The lowest BCUT2D eigenvalue weighted by Crippen LogP contribution is -2.25. The first-order chi connectivity index (χ1) is 8.66. The highest BCUT2D eigenvalue weighted by Crippen LogP contribution is 2.27. The maximum Gasteiger partial charge on any atom is 0.251 e. The Kier molecular flexibility index (Phi) is 4.48. The van der Waals surface area contributed by atoms with Gasteiger partial charge in [-0.05, 0) is 30.5 Å². The van der Waals surface area contributed by atoms with Gasteiger partial charge in [0.2, 0.25) is 0 Å². The van der Waals surface area contributed by atoms with E-state index in [0.717, 1.165) is 18.9 Å². The highest BCUT2D eigenvalue weighted by molar-refractivity contribution is 6.33. The number of carbonyl (C=O) groups excluding carboxylic acids is 1. The van der Waals surface area contributed by atoms with Gasteiger partial charge in [0.15, 0.2) is 0 Å². The monoisotopic (exact) mass is 266 g/mol. The van der Waals surface area contributed by atoms with Crippen LogP contribution in [-0.2, 0) is 0 Å². The largest absolute Gasteiger partial charge is 0.398 e. The molecule has 1 aliphatic carbocycles. The van der Waals surface area contributed by atoms with E-state index in [9.17, 15) is 4.79 Å². The van der Waals surface area contributed by atoms with Crippen LogP contribution in [0, 0.1) is 5.92 Å². The Hall–Kier alpha value is -1.22. The topological polar surface area (TPSA) is 55.1 Å². The lowest BCUT2D eigenvalue weighted by Gasteiger charge is -2.10. The number of rotatable bonds is 4. The minimum absolute atomic E-state index is 0.0728. The molecule has 0 unspecified atom stereocenters. The molecule has 1 aliphatic rings. The van der Waals surface area contributed by atoms with Gasteiger partial charge in [-0.2, -0.15) is 0 Å². The summed E-state index contributed by atoms with van der Waals surface area (Å²) in [5.41, 5.74) is 6.69. The third-order valence-corrected chi connectivity index (χ3v) is 3.92. The predicted octanol–water partition coefficient (Wildman–Crippen LogP) is 3.23. The van der Waals surface area contributed by atoms with Gasteiger partial charge >= 0.3 is 0 Å². The Morgan fingerprint density at radius 2 is 2.11 bits per heavy atom. The maximum absolute atomic E-state index is 11.9. The Labute approximate surface area is 113 Å². The van der Waals surface area contributed by atoms with E-state index in [1.165, 1.54) is 25.7 Å². The molecule has 0 aromatic heterocycles. The highest BCUT2D eigenvalue weighted by Gasteiger charge is 2.15. The molecular formula is C14H19ClN2O. The maximum atomic E-state index is 11.9. The van der Waals surface area contributed by atoms with Gasteiger partial charge in [0.05, 0.1) is 10.7 Å². The first kappa shape index (κ1) is 13.2. The molecule has 1 aromatic carbocycles. The molecule has 0 atom stereocenters. The van der Waals surface area contributed by atoms with Gasteiger partial charge in [-0.25, -0.2) is 0 Å². The molecule has 0 aliphatic heterocycles. The van der Waals surface area contributed by atoms with Crippen molar-refractivity contribution >= 4 is 23.2 Å². The molecule has 0 heterocycles. The number of amides is 1. The second-order valence-corrected chi connectivity index (χ2v) is 5.34. The van der Waals surface area contributed by atoms with Crippen molar-refractivity contribution in [2.75, 3.05) is 12.3 Å². The second kappa shape index (κ2) is 6.10. The zero-order valence-corrected chi connectivity index (χ0v) is 11.2. The number of halogens is 1. The molecule has 18 heavy (non-hydrogen) atoms. The number of hydrogen-bond donors (Lipinski definition) is 2. The summed E-state index contributed by atoms with van der Waals surface area (Å²) in [4.78, 5) is 11.9. The third kappa shape index (κ3) is 3.39. The first-order valence-corrected chi connectivity index (χ1v) is 6.88. The molecule has 0 bridgehead atoms. The quantitative estimate of drug-likeness (QED) is 0.822. The smallest absolute Gasteiger partial charge is 0.251 e. The number of benzene rings is 1. The van der Waals surface area contributed by atoms with E-state index >= 15 is 0 Å². The van der Waals surface area contributed by atoms with Gasteiger partial charge in [-0.1, -0.05) is 37.3 Å². The minimum Gasteiger partial charge on any atom is -0.398 e. The number of nitrogen functional groups attached to an aromatic ring is 1. The van der Waals surface area contributed by atoms with E-state index in [-0.39, 0.29) is 5.91 Å². The Morgan fingerprint density at radius 3 is 2.78 bits per heavy atom. The molecule has 1 saturated carbocycles. The van der Waals surface area contributed by atoms with Crippen LogP contribution >= 0.6 is 11.6 Å². The van der Waals surface area contributed by atoms with Crippen LogP contribution in [0.25, 0.3) is 0 Å². The lowest BCUT2D eigenvalue weighted by molar-refractivity contribution is 0.0951. The lowest BCUT2D eigenvalue weighted by atomic mass is 10.0. The molecule has 2 rings (SSSR count). The summed E-state index contributed by atoms with van der Waals surface area (Å²) in [6.07, 6.45) is 6.38. The van der Waals surface area contributed by atoms with Crippen LogP contribution in [0.5, 0.6) is 0 Å². The van der Waals surface area contributed by atoms with Crippen molar-refractivity contribution in [3.8, 4) is 0 Å². The molecule has 0 saturated heterocycles. The fraction of sp³-hybridized carbons (Fsp3) is 0.500. The highest BCUT2D eigenvalue weighted by atomic mass is 35.5. The molecule has 3 nitrogen and oxygen atoms in total. The third-order valence-electron chi connectivity index (χ3n) is 3.57. The Balaban J connectivity index is 1.81. The Morgan fingerprint density at radius 1 is 1.39 bits per heavy atom. The zero-order valence-electron chi connectivity index (χ0n) is 10.4. The summed E-state index contributed by atoms with van der Waals surface area (Å²) in [6.45, 7) is 0.742. The zero-order chi connectivity index (χ0) is 13.0. The van der Waals surface area contributed by atoms with E-state index in [1.54, 1.807) is 18.2 Å². The predicted molar refractivity (Wildman–Crippen MR) is 74.8 cm³/mol. The normalized spacial score (nSPS) is 15.8. The van der Waals surface area contributed by atoms with E-state index in [2.05, 4.69) is 5.32 Å². The van der Waals surface area contributed by atoms with Crippen molar-refractivity contribution < 1.29 is 4.79 Å². The number of hydrogen-bond acceptors (Lipinski definition) is 2. The average molecular weight is 267 g/mol. The number of nitrogens with one attached hydrogen (secondary N) is 1. The van der Waals surface area contributed by atoms with Gasteiger partial charge < -0.3 is 11.1 Å². The van der Waals surface area contributed by atoms with Crippen LogP contribution in [0.15, 0.2) is 18.2 Å². The van der Waals surface area contributed by atoms with Crippen molar-refractivity contribution in [2.45, 2.75) is 32.1 Å². The van der Waals surface area contributed by atoms with Crippen molar-refractivity contribution in [1.29, 1.82) is 0 Å². The average Bonchev–Trinajstić information content (AvgIpc) is 2.85. The van der Waals surface area contributed by atoms with E-state index in [4.69, 9.17) is 17.3 Å². The van der Waals surface area contributed by atoms with Crippen LogP contribution in [0.3, 0.4) is 0 Å². The summed E-state index contributed by atoms with van der Waals surface area (Å²) in [7, 11) is 0. The van der Waals surface area contributed by atoms with Gasteiger partial charge in [-0.3, -0.25) is 4.79 Å². The van der Waals surface area contributed by atoms with Crippen molar-refractivity contribution in [3.05, 3.63) is 28.8 Å². The van der Waals surface area contributed by atoms with Gasteiger partial charge in [0.25, 0.3) is 5.91 Å². The van der Waals surface area contributed by atoms with Gasteiger partial charge in [-0.15, -0.1) is 0 Å². The Bertz CT molecular complexity index is 428. The molecule has 4 heteroatoms. The number of carbonyl (C=O) groups is 1. The second-order valence-electron chi connectivity index (χ2n) is 4.93. The van der Waals surface area contributed by atoms with Crippen LogP contribution in [0.4, 0.5) is 5.69 Å². The molecule has 3 N–H and O–H groups in total. The van der Waals surface area contributed by atoms with Gasteiger partial charge in [0, 0.05) is 12.1 Å². The van der Waals surface area contributed by atoms with E-state index in [0.29, 0.717) is 16.3 Å². The minimum atomic E-state index is -0.0728. The molecular weight excluding hydrogens is 248 g/mol. The molecule has 1 fully saturated rings. The fourth-order valence-corrected chi connectivity index (χ4v) is 2.59. The summed E-state index contributed by atoms with van der Waals surface area (Å²) in [5, 5.41) is 3.42. The van der Waals surface area contributed by atoms with Crippen LogP contribution in [0.1, 0.15) is 42.5 Å². The molecule has 98 valence electrons. The number of anilines is 1. The summed E-state index contributed by atoms with van der Waals surface area (Å²) in [5.74, 6) is 0.719. The molecule has 1 aromatic rings. The molecule has 0 radical (unpaired) electrons. The SMILES string of the molecule is Nc1cc(C(=O)NCCC2CCCC2)ccc1Cl. The van der Waals surface area contributed by atoms with Gasteiger partial charge in [0.1, 0.15) is 0 Å².